The van der Waals surface area contributed by atoms with E-state index in [2.05, 4.69) is 21.9 Å². The molecule has 0 radical (unpaired) electrons. The molecule has 9 heteroatoms. The van der Waals surface area contributed by atoms with Crippen LogP contribution >= 0.6 is 11.6 Å². The molecule has 0 aromatic heterocycles. The molecule has 2 aromatic carbocycles. The first-order valence-electron chi connectivity index (χ1n) is 9.20. The highest BCUT2D eigenvalue weighted by molar-refractivity contribution is 7.92. The summed E-state index contributed by atoms with van der Waals surface area (Å²) < 4.78 is 28.3. The number of halogens is 1. The normalized spacial score (nSPS) is 12.9. The van der Waals surface area contributed by atoms with Gasteiger partial charge in [-0.15, -0.1) is 0 Å². The predicted molar refractivity (Wildman–Crippen MR) is 114 cm³/mol. The van der Waals surface area contributed by atoms with Gasteiger partial charge in [-0.1, -0.05) is 23.4 Å². The van der Waals surface area contributed by atoms with Gasteiger partial charge < -0.3 is 10.4 Å². The van der Waals surface area contributed by atoms with E-state index in [9.17, 15) is 18.0 Å². The Hall–Kier alpha value is -3.02. The number of carbonyl (C=O) groups excluding carboxylic acids is 1. The number of amides is 1. The van der Waals surface area contributed by atoms with Gasteiger partial charge in [-0.3, -0.25) is 14.3 Å². The molecule has 3 rings (SSSR count). The van der Waals surface area contributed by atoms with E-state index in [1.807, 2.05) is 0 Å². The van der Waals surface area contributed by atoms with Crippen LogP contribution in [0.3, 0.4) is 0 Å². The molecule has 156 valence electrons. The van der Waals surface area contributed by atoms with E-state index in [1.54, 1.807) is 24.3 Å². The van der Waals surface area contributed by atoms with Crippen LogP contribution in [0.25, 0.3) is 0 Å². The standard InChI is InChI=1S/C21H19ClN2O5S/c22-16-7-9-19(14(12-16)4-2-1-3-5-21(26)27)24-30(28,29)17-8-10-18-15(13-17)6-11-20(25)23-18/h7-10,12-13,24H,1,3,5-6,11H2,(H,23,25)(H,26,27). The van der Waals surface area contributed by atoms with Crippen LogP contribution < -0.4 is 10.0 Å². The van der Waals surface area contributed by atoms with E-state index in [0.717, 1.165) is 5.56 Å². The monoisotopic (exact) mass is 446 g/mol. The van der Waals surface area contributed by atoms with Crippen molar-refractivity contribution in [2.24, 2.45) is 0 Å². The molecule has 0 unspecified atom stereocenters. The lowest BCUT2D eigenvalue weighted by Crippen LogP contribution is -2.20. The first-order valence-corrected chi connectivity index (χ1v) is 11.1. The van der Waals surface area contributed by atoms with Gasteiger partial charge in [-0.25, -0.2) is 8.42 Å². The fourth-order valence-corrected chi connectivity index (χ4v) is 4.23. The number of anilines is 2. The summed E-state index contributed by atoms with van der Waals surface area (Å²) in [5.74, 6) is 4.72. The van der Waals surface area contributed by atoms with Crippen LogP contribution in [0.5, 0.6) is 0 Å². The molecule has 0 spiro atoms. The van der Waals surface area contributed by atoms with Gasteiger partial charge in [0.05, 0.1) is 16.1 Å². The van der Waals surface area contributed by atoms with Crippen molar-refractivity contribution in [2.75, 3.05) is 10.0 Å². The summed E-state index contributed by atoms with van der Waals surface area (Å²) in [6, 6.07) is 9.18. The molecule has 0 fully saturated rings. The smallest absolute Gasteiger partial charge is 0.303 e. The summed E-state index contributed by atoms with van der Waals surface area (Å²) in [5.41, 5.74) is 2.04. The summed E-state index contributed by atoms with van der Waals surface area (Å²) in [6.07, 6.45) is 1.56. The number of aryl methyl sites for hydroxylation is 1. The first-order chi connectivity index (χ1) is 14.2. The molecular weight excluding hydrogens is 428 g/mol. The minimum Gasteiger partial charge on any atom is -0.481 e. The molecule has 7 nitrogen and oxygen atoms in total. The third-order valence-corrected chi connectivity index (χ3v) is 6.02. The number of aliphatic carboxylic acids is 1. The van der Waals surface area contributed by atoms with Gasteiger partial charge in [0.2, 0.25) is 5.91 Å². The Bertz CT molecular complexity index is 1170. The van der Waals surface area contributed by atoms with E-state index < -0.39 is 16.0 Å². The summed E-state index contributed by atoms with van der Waals surface area (Å²) in [6.45, 7) is 0. The quantitative estimate of drug-likeness (QED) is 0.463. The van der Waals surface area contributed by atoms with Crippen LogP contribution in [0.1, 0.15) is 36.8 Å². The molecule has 2 aromatic rings. The second-order valence-electron chi connectivity index (χ2n) is 6.71. The first kappa shape index (κ1) is 21.7. The molecule has 0 saturated heterocycles. The summed E-state index contributed by atoms with van der Waals surface area (Å²) in [7, 11) is -3.89. The Kier molecular flexibility index (Phi) is 6.65. The highest BCUT2D eigenvalue weighted by atomic mass is 35.5. The van der Waals surface area contributed by atoms with Crippen molar-refractivity contribution in [2.45, 2.75) is 37.0 Å². The zero-order valence-electron chi connectivity index (χ0n) is 15.9. The van der Waals surface area contributed by atoms with Crippen molar-refractivity contribution in [1.29, 1.82) is 0 Å². The van der Waals surface area contributed by atoms with Crippen LogP contribution in [0.15, 0.2) is 41.3 Å². The molecule has 1 aliphatic rings. The topological polar surface area (TPSA) is 113 Å². The highest BCUT2D eigenvalue weighted by Crippen LogP contribution is 2.28. The van der Waals surface area contributed by atoms with Gasteiger partial charge in [0.25, 0.3) is 10.0 Å². The Balaban J connectivity index is 1.82. The zero-order valence-corrected chi connectivity index (χ0v) is 17.4. The molecule has 0 bridgehead atoms. The van der Waals surface area contributed by atoms with Crippen molar-refractivity contribution in [3.8, 4) is 11.8 Å². The van der Waals surface area contributed by atoms with Crippen LogP contribution in [-0.2, 0) is 26.0 Å². The number of benzene rings is 2. The predicted octanol–water partition coefficient (Wildman–Crippen LogP) is 3.63. The van der Waals surface area contributed by atoms with Gasteiger partial charge in [-0.2, -0.15) is 0 Å². The number of carbonyl (C=O) groups is 2. The lowest BCUT2D eigenvalue weighted by atomic mass is 10.0. The van der Waals surface area contributed by atoms with E-state index in [1.165, 1.54) is 12.1 Å². The van der Waals surface area contributed by atoms with Crippen molar-refractivity contribution < 1.29 is 23.1 Å². The number of rotatable bonds is 6. The van der Waals surface area contributed by atoms with E-state index >= 15 is 0 Å². The Morgan fingerprint density at radius 1 is 1.20 bits per heavy atom. The number of sulfonamides is 1. The minimum atomic E-state index is -3.89. The molecule has 0 saturated carbocycles. The van der Waals surface area contributed by atoms with Crippen LogP contribution in [0, 0.1) is 11.8 Å². The lowest BCUT2D eigenvalue weighted by Gasteiger charge is -2.18. The van der Waals surface area contributed by atoms with Crippen molar-refractivity contribution in [3.63, 3.8) is 0 Å². The minimum absolute atomic E-state index is 0.0164. The number of hydrogen-bond donors (Lipinski definition) is 3. The number of nitrogens with one attached hydrogen (secondary N) is 2. The average Bonchev–Trinajstić information content (AvgIpc) is 2.68. The molecule has 0 aliphatic carbocycles. The maximum Gasteiger partial charge on any atom is 0.303 e. The molecule has 0 atom stereocenters. The molecular formula is C21H19ClN2O5S. The Morgan fingerprint density at radius 3 is 2.77 bits per heavy atom. The summed E-state index contributed by atoms with van der Waals surface area (Å²) in [4.78, 5) is 22.1. The second-order valence-corrected chi connectivity index (χ2v) is 8.83. The summed E-state index contributed by atoms with van der Waals surface area (Å²) in [5, 5.41) is 11.8. The van der Waals surface area contributed by atoms with Crippen LogP contribution in [-0.4, -0.2) is 25.4 Å². The van der Waals surface area contributed by atoms with Crippen molar-refractivity contribution >= 4 is 44.9 Å². The van der Waals surface area contributed by atoms with Gasteiger partial charge >= 0.3 is 5.97 Å². The molecule has 3 N–H and O–H groups in total. The molecule has 30 heavy (non-hydrogen) atoms. The highest BCUT2D eigenvalue weighted by Gasteiger charge is 2.20. The molecule has 1 aliphatic heterocycles. The number of carboxylic acids is 1. The van der Waals surface area contributed by atoms with Gasteiger partial charge in [0, 0.05) is 30.0 Å². The van der Waals surface area contributed by atoms with Crippen molar-refractivity contribution in [3.05, 3.63) is 52.5 Å². The van der Waals surface area contributed by atoms with Crippen LogP contribution in [0.4, 0.5) is 11.4 Å². The van der Waals surface area contributed by atoms with E-state index in [0.29, 0.717) is 42.0 Å². The van der Waals surface area contributed by atoms with Gasteiger partial charge in [0.1, 0.15) is 0 Å². The maximum atomic E-state index is 12.9. The SMILES string of the molecule is O=C(O)CCCC#Cc1cc(Cl)ccc1NS(=O)(=O)c1ccc2c(c1)CCC(=O)N2. The van der Waals surface area contributed by atoms with E-state index in [-0.39, 0.29) is 22.9 Å². The fourth-order valence-electron chi connectivity index (χ4n) is 2.93. The van der Waals surface area contributed by atoms with Crippen molar-refractivity contribution in [1.82, 2.24) is 0 Å². The average molecular weight is 447 g/mol. The third-order valence-electron chi connectivity index (χ3n) is 4.42. The van der Waals surface area contributed by atoms with Gasteiger partial charge in [-0.05, 0) is 54.8 Å². The maximum absolute atomic E-state index is 12.9. The third kappa shape index (κ3) is 5.53. The fraction of sp³-hybridized carbons (Fsp3) is 0.238. The number of unbranched alkanes of at least 4 members (excludes halogenated alkanes) is 1. The Labute approximate surface area is 179 Å². The number of carboxylic acid groups (broad SMARTS) is 1. The largest absolute Gasteiger partial charge is 0.481 e. The zero-order chi connectivity index (χ0) is 21.7. The number of fused-ring (bicyclic) bond motifs is 1. The summed E-state index contributed by atoms with van der Waals surface area (Å²) >= 11 is 6.02. The number of hydrogen-bond acceptors (Lipinski definition) is 4. The van der Waals surface area contributed by atoms with Crippen LogP contribution in [0.2, 0.25) is 5.02 Å². The molecule has 1 heterocycles. The molecule has 1 amide bonds. The lowest BCUT2D eigenvalue weighted by molar-refractivity contribution is -0.137. The second kappa shape index (κ2) is 9.20. The van der Waals surface area contributed by atoms with Gasteiger partial charge in [0.15, 0.2) is 0 Å². The van der Waals surface area contributed by atoms with E-state index in [4.69, 9.17) is 16.7 Å². The Morgan fingerprint density at radius 2 is 2.00 bits per heavy atom.